The number of hydrogen-bond donors (Lipinski definition) is 1. The molecule has 0 spiro atoms. The Kier molecular flexibility index (Phi) is 4.99. The standard InChI is InChI=1S/C15H17BrN2O2S2/c16-14-6-7-15(21-14)22(19,20)18-10-8-17(9-11-18)12-13-4-2-1-3-5-13/h1-7H,8-12H2/p+1. The van der Waals surface area contributed by atoms with E-state index in [4.69, 9.17) is 0 Å². The summed E-state index contributed by atoms with van der Waals surface area (Å²) in [6.45, 7) is 3.82. The fourth-order valence-corrected chi connectivity index (χ4v) is 6.27. The van der Waals surface area contributed by atoms with Crippen molar-refractivity contribution in [2.75, 3.05) is 26.2 Å². The Hall–Kier alpha value is -0.730. The number of hydrogen-bond acceptors (Lipinski definition) is 3. The van der Waals surface area contributed by atoms with Crippen LogP contribution in [0.4, 0.5) is 0 Å². The molecule has 2 heterocycles. The molecule has 1 saturated heterocycles. The minimum atomic E-state index is -3.33. The second kappa shape index (κ2) is 6.80. The van der Waals surface area contributed by atoms with Crippen LogP contribution in [0.1, 0.15) is 5.56 Å². The molecule has 0 bridgehead atoms. The van der Waals surface area contributed by atoms with Crippen molar-refractivity contribution in [2.45, 2.75) is 10.8 Å². The molecule has 4 nitrogen and oxygen atoms in total. The van der Waals surface area contributed by atoms with Crippen LogP contribution in [0.2, 0.25) is 0 Å². The first kappa shape index (κ1) is 16.1. The van der Waals surface area contributed by atoms with Crippen LogP contribution < -0.4 is 4.90 Å². The highest BCUT2D eigenvalue weighted by Crippen LogP contribution is 2.28. The first-order valence-electron chi connectivity index (χ1n) is 7.19. The molecular formula is C15H18BrN2O2S2+. The van der Waals surface area contributed by atoms with Crippen LogP contribution >= 0.6 is 27.3 Å². The second-order valence-electron chi connectivity index (χ2n) is 5.38. The van der Waals surface area contributed by atoms with E-state index >= 15 is 0 Å². The first-order valence-corrected chi connectivity index (χ1v) is 10.2. The summed E-state index contributed by atoms with van der Waals surface area (Å²) in [4.78, 5) is 1.44. The molecule has 0 saturated carbocycles. The Morgan fingerprint density at radius 2 is 1.77 bits per heavy atom. The number of nitrogens with zero attached hydrogens (tertiary/aromatic N) is 1. The molecule has 0 amide bonds. The smallest absolute Gasteiger partial charge is 0.252 e. The number of thiophene rings is 1. The van der Waals surface area contributed by atoms with E-state index in [9.17, 15) is 8.42 Å². The molecule has 1 N–H and O–H groups in total. The van der Waals surface area contributed by atoms with Gasteiger partial charge in [0.05, 0.1) is 30.0 Å². The van der Waals surface area contributed by atoms with Gasteiger partial charge < -0.3 is 4.90 Å². The van der Waals surface area contributed by atoms with Crippen molar-refractivity contribution in [1.82, 2.24) is 4.31 Å². The molecule has 0 radical (unpaired) electrons. The van der Waals surface area contributed by atoms with Gasteiger partial charge in [0.2, 0.25) is 0 Å². The summed E-state index contributed by atoms with van der Waals surface area (Å²) >= 11 is 4.60. The lowest BCUT2D eigenvalue weighted by atomic mass is 10.2. The Labute approximate surface area is 143 Å². The predicted octanol–water partition coefficient (Wildman–Crippen LogP) is 1.60. The number of halogens is 1. The van der Waals surface area contributed by atoms with Crippen LogP contribution in [-0.2, 0) is 16.6 Å². The zero-order chi connectivity index (χ0) is 15.6. The highest BCUT2D eigenvalue weighted by Gasteiger charge is 2.31. The highest BCUT2D eigenvalue weighted by atomic mass is 79.9. The number of benzene rings is 1. The van der Waals surface area contributed by atoms with E-state index in [0.29, 0.717) is 17.3 Å². The zero-order valence-corrected chi connectivity index (χ0v) is 15.3. The van der Waals surface area contributed by atoms with Gasteiger partial charge in [-0.15, -0.1) is 11.3 Å². The van der Waals surface area contributed by atoms with Crippen LogP contribution in [0.3, 0.4) is 0 Å². The highest BCUT2D eigenvalue weighted by molar-refractivity contribution is 9.11. The lowest BCUT2D eigenvalue weighted by Gasteiger charge is -2.31. The molecule has 0 atom stereocenters. The van der Waals surface area contributed by atoms with Crippen LogP contribution in [0.5, 0.6) is 0 Å². The van der Waals surface area contributed by atoms with E-state index < -0.39 is 10.0 Å². The minimum Gasteiger partial charge on any atom is -0.329 e. The molecule has 1 aliphatic rings. The molecular weight excluding hydrogens is 384 g/mol. The lowest BCUT2D eigenvalue weighted by molar-refractivity contribution is -0.917. The fourth-order valence-electron chi connectivity index (χ4n) is 2.67. The maximum absolute atomic E-state index is 12.6. The Morgan fingerprint density at radius 3 is 2.36 bits per heavy atom. The van der Waals surface area contributed by atoms with Gasteiger partial charge in [-0.05, 0) is 28.1 Å². The predicted molar refractivity (Wildman–Crippen MR) is 91.6 cm³/mol. The van der Waals surface area contributed by atoms with Crippen molar-refractivity contribution in [3.05, 3.63) is 51.8 Å². The van der Waals surface area contributed by atoms with Crippen LogP contribution in [-0.4, -0.2) is 38.9 Å². The summed E-state index contributed by atoms with van der Waals surface area (Å²) in [5, 5.41) is 0. The fraction of sp³-hybridized carbons (Fsp3) is 0.333. The van der Waals surface area contributed by atoms with E-state index in [1.165, 1.54) is 21.8 Å². The molecule has 1 fully saturated rings. The average molecular weight is 402 g/mol. The van der Waals surface area contributed by atoms with Gasteiger partial charge in [-0.25, -0.2) is 8.42 Å². The van der Waals surface area contributed by atoms with E-state index in [1.54, 1.807) is 16.4 Å². The summed E-state index contributed by atoms with van der Waals surface area (Å²) < 4.78 is 28.0. The van der Waals surface area contributed by atoms with Gasteiger partial charge in [0.25, 0.3) is 10.0 Å². The SMILES string of the molecule is O=S(=O)(c1ccc(Br)s1)N1CC[NH+](Cc2ccccc2)CC1. The summed E-state index contributed by atoms with van der Waals surface area (Å²) in [7, 11) is -3.33. The van der Waals surface area contributed by atoms with Gasteiger partial charge in [-0.3, -0.25) is 0 Å². The summed E-state index contributed by atoms with van der Waals surface area (Å²) in [5.74, 6) is 0. The van der Waals surface area contributed by atoms with Gasteiger partial charge in [-0.2, -0.15) is 4.31 Å². The molecule has 118 valence electrons. The second-order valence-corrected chi connectivity index (χ2v) is 10.0. The molecule has 22 heavy (non-hydrogen) atoms. The zero-order valence-electron chi connectivity index (χ0n) is 12.0. The molecule has 0 unspecified atom stereocenters. The third kappa shape index (κ3) is 3.60. The Morgan fingerprint density at radius 1 is 1.09 bits per heavy atom. The van der Waals surface area contributed by atoms with Crippen molar-refractivity contribution >= 4 is 37.3 Å². The molecule has 1 aromatic carbocycles. The van der Waals surface area contributed by atoms with Gasteiger partial charge in [-0.1, -0.05) is 30.3 Å². The van der Waals surface area contributed by atoms with Crippen molar-refractivity contribution < 1.29 is 13.3 Å². The molecule has 0 aliphatic carbocycles. The van der Waals surface area contributed by atoms with Crippen molar-refractivity contribution in [3.63, 3.8) is 0 Å². The Bertz CT molecular complexity index is 723. The maximum Gasteiger partial charge on any atom is 0.252 e. The third-order valence-corrected chi connectivity index (χ3v) is 7.86. The van der Waals surface area contributed by atoms with Crippen LogP contribution in [0, 0.1) is 0 Å². The van der Waals surface area contributed by atoms with Crippen LogP contribution in [0.25, 0.3) is 0 Å². The number of rotatable bonds is 4. The van der Waals surface area contributed by atoms with Crippen molar-refractivity contribution in [3.8, 4) is 0 Å². The Balaban J connectivity index is 1.62. The molecule has 2 aromatic rings. The normalized spacial score (nSPS) is 17.7. The van der Waals surface area contributed by atoms with Crippen molar-refractivity contribution in [1.29, 1.82) is 0 Å². The average Bonchev–Trinajstić information content (AvgIpc) is 2.96. The van der Waals surface area contributed by atoms with E-state index in [1.807, 2.05) is 18.2 Å². The number of sulfonamides is 1. The van der Waals surface area contributed by atoms with Gasteiger partial charge >= 0.3 is 0 Å². The molecule has 3 rings (SSSR count). The lowest BCUT2D eigenvalue weighted by Crippen LogP contribution is -3.13. The molecule has 1 aromatic heterocycles. The van der Waals surface area contributed by atoms with Gasteiger partial charge in [0, 0.05) is 5.56 Å². The van der Waals surface area contributed by atoms with Crippen molar-refractivity contribution in [2.24, 2.45) is 0 Å². The maximum atomic E-state index is 12.6. The van der Waals surface area contributed by atoms with Gasteiger partial charge in [0.1, 0.15) is 10.8 Å². The largest absolute Gasteiger partial charge is 0.329 e. The monoisotopic (exact) mass is 401 g/mol. The molecule has 1 aliphatic heterocycles. The summed E-state index contributed by atoms with van der Waals surface area (Å²) in [6, 6.07) is 13.8. The van der Waals surface area contributed by atoms with E-state index in [2.05, 4.69) is 28.1 Å². The minimum absolute atomic E-state index is 0.422. The first-order chi connectivity index (χ1) is 10.6. The third-order valence-electron chi connectivity index (χ3n) is 3.87. The van der Waals surface area contributed by atoms with Gasteiger partial charge in [0.15, 0.2) is 0 Å². The number of piperazine rings is 1. The quantitative estimate of drug-likeness (QED) is 0.844. The number of quaternary nitrogens is 1. The molecule has 7 heteroatoms. The van der Waals surface area contributed by atoms with Crippen LogP contribution in [0.15, 0.2) is 50.5 Å². The van der Waals surface area contributed by atoms with E-state index in [0.717, 1.165) is 23.4 Å². The summed E-state index contributed by atoms with van der Waals surface area (Å²) in [6.07, 6.45) is 0. The number of nitrogens with one attached hydrogen (secondary N) is 1. The van der Waals surface area contributed by atoms with E-state index in [-0.39, 0.29) is 0 Å². The summed E-state index contributed by atoms with van der Waals surface area (Å²) in [5.41, 5.74) is 1.30. The topological polar surface area (TPSA) is 41.8 Å².